The summed E-state index contributed by atoms with van der Waals surface area (Å²) in [6, 6.07) is 3.68. The molecule has 25 heavy (non-hydrogen) atoms. The first-order valence-corrected chi connectivity index (χ1v) is 8.71. The van der Waals surface area contributed by atoms with Crippen molar-refractivity contribution in [3.8, 4) is 17.2 Å². The zero-order chi connectivity index (χ0) is 17.5. The number of benzene rings is 1. The van der Waals surface area contributed by atoms with Crippen molar-refractivity contribution in [3.05, 3.63) is 17.7 Å². The molecular formula is C18H29ClN2O4. The van der Waals surface area contributed by atoms with Gasteiger partial charge in [0.15, 0.2) is 11.5 Å². The smallest absolute Gasteiger partial charge is 0.254 e. The summed E-state index contributed by atoms with van der Waals surface area (Å²) in [7, 11) is 0. The van der Waals surface area contributed by atoms with E-state index in [2.05, 4.69) is 0 Å². The van der Waals surface area contributed by atoms with Crippen molar-refractivity contribution in [2.75, 3.05) is 32.9 Å². The number of amides is 1. The molecule has 0 spiro atoms. The lowest BCUT2D eigenvalue weighted by molar-refractivity contribution is 0.0713. The molecule has 1 aliphatic rings. The van der Waals surface area contributed by atoms with E-state index < -0.39 is 0 Å². The molecule has 1 amide bonds. The summed E-state index contributed by atoms with van der Waals surface area (Å²) in [5, 5.41) is 0. The normalized spacial score (nSPS) is 14.6. The Morgan fingerprint density at radius 3 is 1.96 bits per heavy atom. The summed E-state index contributed by atoms with van der Waals surface area (Å²) >= 11 is 0. The van der Waals surface area contributed by atoms with Crippen LogP contribution < -0.4 is 19.9 Å². The number of hydrogen-bond acceptors (Lipinski definition) is 5. The van der Waals surface area contributed by atoms with E-state index in [-0.39, 0.29) is 24.4 Å². The van der Waals surface area contributed by atoms with Gasteiger partial charge in [0.05, 0.1) is 19.8 Å². The van der Waals surface area contributed by atoms with Gasteiger partial charge >= 0.3 is 0 Å². The number of halogens is 1. The van der Waals surface area contributed by atoms with E-state index in [1.165, 1.54) is 0 Å². The predicted octanol–water partition coefficient (Wildman–Crippen LogP) is 2.87. The van der Waals surface area contributed by atoms with E-state index in [9.17, 15) is 4.79 Å². The van der Waals surface area contributed by atoms with Crippen LogP contribution in [-0.2, 0) is 0 Å². The second kappa shape index (κ2) is 10.4. The molecule has 1 saturated heterocycles. The van der Waals surface area contributed by atoms with Gasteiger partial charge in [-0.25, -0.2) is 0 Å². The Bertz CT molecular complexity index is 533. The summed E-state index contributed by atoms with van der Waals surface area (Å²) in [5.74, 6) is 1.62. The Labute approximate surface area is 156 Å². The van der Waals surface area contributed by atoms with Crippen LogP contribution >= 0.6 is 12.4 Å². The fourth-order valence-electron chi connectivity index (χ4n) is 2.80. The molecule has 1 heterocycles. The van der Waals surface area contributed by atoms with Crippen LogP contribution in [0.4, 0.5) is 0 Å². The highest BCUT2D eigenvalue weighted by molar-refractivity contribution is 5.95. The second-order valence-electron chi connectivity index (χ2n) is 5.73. The Morgan fingerprint density at radius 1 is 1.04 bits per heavy atom. The lowest BCUT2D eigenvalue weighted by Gasteiger charge is -2.30. The molecule has 1 aliphatic heterocycles. The van der Waals surface area contributed by atoms with Gasteiger partial charge in [0.25, 0.3) is 5.91 Å². The third kappa shape index (κ3) is 5.41. The van der Waals surface area contributed by atoms with E-state index >= 15 is 0 Å². The first kappa shape index (κ1) is 21.4. The number of hydrogen-bond donors (Lipinski definition) is 1. The van der Waals surface area contributed by atoms with Crippen molar-refractivity contribution in [1.82, 2.24) is 4.90 Å². The minimum Gasteiger partial charge on any atom is -0.490 e. The van der Waals surface area contributed by atoms with Crippen LogP contribution in [0.1, 0.15) is 44.0 Å². The molecule has 7 heteroatoms. The van der Waals surface area contributed by atoms with Gasteiger partial charge < -0.3 is 24.8 Å². The third-order valence-electron chi connectivity index (χ3n) is 3.98. The van der Waals surface area contributed by atoms with E-state index in [0.29, 0.717) is 55.7 Å². The number of piperidine rings is 1. The molecule has 2 N–H and O–H groups in total. The van der Waals surface area contributed by atoms with Gasteiger partial charge in [-0.1, -0.05) is 0 Å². The second-order valence-corrected chi connectivity index (χ2v) is 5.73. The Kier molecular flexibility index (Phi) is 8.86. The van der Waals surface area contributed by atoms with E-state index in [1.54, 1.807) is 12.1 Å². The molecule has 0 aromatic heterocycles. The zero-order valence-electron chi connectivity index (χ0n) is 15.2. The van der Waals surface area contributed by atoms with Gasteiger partial charge in [0.1, 0.15) is 0 Å². The number of carbonyl (C=O) groups is 1. The van der Waals surface area contributed by atoms with Gasteiger partial charge in [-0.3, -0.25) is 4.79 Å². The van der Waals surface area contributed by atoms with Crippen LogP contribution in [0, 0.1) is 0 Å². The first-order chi connectivity index (χ1) is 11.6. The Balaban J connectivity index is 0.00000312. The summed E-state index contributed by atoms with van der Waals surface area (Å²) in [6.07, 6.45) is 1.67. The Hall–Kier alpha value is -1.66. The average molecular weight is 373 g/mol. The van der Waals surface area contributed by atoms with Crippen molar-refractivity contribution in [2.45, 2.75) is 39.7 Å². The third-order valence-corrected chi connectivity index (χ3v) is 3.98. The molecule has 1 fully saturated rings. The van der Waals surface area contributed by atoms with Gasteiger partial charge in [-0.05, 0) is 45.7 Å². The van der Waals surface area contributed by atoms with Gasteiger partial charge in [-0.2, -0.15) is 0 Å². The Morgan fingerprint density at radius 2 is 1.52 bits per heavy atom. The number of nitrogens with zero attached hydrogens (tertiary/aromatic N) is 1. The van der Waals surface area contributed by atoms with E-state index in [0.717, 1.165) is 12.8 Å². The molecule has 142 valence electrons. The molecule has 0 atom stereocenters. The maximum atomic E-state index is 12.8. The lowest BCUT2D eigenvalue weighted by Crippen LogP contribution is -2.42. The topological polar surface area (TPSA) is 74.0 Å². The zero-order valence-corrected chi connectivity index (χ0v) is 16.1. The van der Waals surface area contributed by atoms with Crippen molar-refractivity contribution >= 4 is 18.3 Å². The van der Waals surface area contributed by atoms with E-state index in [4.69, 9.17) is 19.9 Å². The van der Waals surface area contributed by atoms with Gasteiger partial charge in [0.2, 0.25) is 5.75 Å². The maximum Gasteiger partial charge on any atom is 0.254 e. The monoisotopic (exact) mass is 372 g/mol. The highest BCUT2D eigenvalue weighted by Gasteiger charge is 2.24. The number of rotatable bonds is 7. The standard InChI is InChI=1S/C18H28N2O4.ClH/c1-4-22-15-11-13(12-16(23-5-2)17(15)24-6-3)18(21)20-9-7-14(19)8-10-20;/h11-12,14H,4-10,19H2,1-3H3;1H. The predicted molar refractivity (Wildman–Crippen MR) is 100 cm³/mol. The minimum absolute atomic E-state index is 0. The minimum atomic E-state index is -0.0214. The first-order valence-electron chi connectivity index (χ1n) is 8.71. The lowest BCUT2D eigenvalue weighted by atomic mass is 10.0. The number of carbonyl (C=O) groups excluding carboxylic acids is 1. The van der Waals surface area contributed by atoms with Crippen LogP contribution in [-0.4, -0.2) is 49.8 Å². The highest BCUT2D eigenvalue weighted by atomic mass is 35.5. The van der Waals surface area contributed by atoms with Crippen molar-refractivity contribution < 1.29 is 19.0 Å². The summed E-state index contributed by atoms with van der Waals surface area (Å²) in [6.45, 7) is 8.54. The molecule has 2 rings (SSSR count). The van der Waals surface area contributed by atoms with Gasteiger partial charge in [-0.15, -0.1) is 12.4 Å². The number of nitrogens with two attached hydrogens (primary N) is 1. The molecular weight excluding hydrogens is 344 g/mol. The van der Waals surface area contributed by atoms with Crippen molar-refractivity contribution in [1.29, 1.82) is 0 Å². The molecule has 0 aliphatic carbocycles. The molecule has 0 saturated carbocycles. The van der Waals surface area contributed by atoms with Crippen molar-refractivity contribution in [2.24, 2.45) is 5.73 Å². The average Bonchev–Trinajstić information content (AvgIpc) is 2.58. The van der Waals surface area contributed by atoms with Crippen LogP contribution in [0.25, 0.3) is 0 Å². The molecule has 6 nitrogen and oxygen atoms in total. The fourth-order valence-corrected chi connectivity index (χ4v) is 2.80. The van der Waals surface area contributed by atoms with Gasteiger partial charge in [0, 0.05) is 24.7 Å². The fraction of sp³-hybridized carbons (Fsp3) is 0.611. The SMILES string of the molecule is CCOc1cc(C(=O)N2CCC(N)CC2)cc(OCC)c1OCC.Cl. The molecule has 0 bridgehead atoms. The summed E-state index contributed by atoms with van der Waals surface area (Å²) in [5.41, 5.74) is 6.48. The largest absolute Gasteiger partial charge is 0.490 e. The van der Waals surface area contributed by atoms with Crippen LogP contribution in [0.3, 0.4) is 0 Å². The molecule has 1 aromatic rings. The van der Waals surface area contributed by atoms with Crippen LogP contribution in [0.5, 0.6) is 17.2 Å². The number of likely N-dealkylation sites (tertiary alicyclic amines) is 1. The van der Waals surface area contributed by atoms with Crippen LogP contribution in [0.2, 0.25) is 0 Å². The van der Waals surface area contributed by atoms with Crippen molar-refractivity contribution in [3.63, 3.8) is 0 Å². The van der Waals surface area contributed by atoms with E-state index in [1.807, 2.05) is 25.7 Å². The molecule has 1 aromatic carbocycles. The number of ether oxygens (including phenoxy) is 3. The maximum absolute atomic E-state index is 12.8. The van der Waals surface area contributed by atoms with Crippen LogP contribution in [0.15, 0.2) is 12.1 Å². The quantitative estimate of drug-likeness (QED) is 0.796. The molecule has 0 radical (unpaired) electrons. The highest BCUT2D eigenvalue weighted by Crippen LogP contribution is 2.39. The summed E-state index contributed by atoms with van der Waals surface area (Å²) < 4.78 is 17.0. The summed E-state index contributed by atoms with van der Waals surface area (Å²) in [4.78, 5) is 14.7. The molecule has 0 unspecified atom stereocenters.